The first-order chi connectivity index (χ1) is 6.92. The lowest BCUT2D eigenvalue weighted by atomic mass is 9.93. The van der Waals surface area contributed by atoms with Gasteiger partial charge in [0.05, 0.1) is 0 Å². The summed E-state index contributed by atoms with van der Waals surface area (Å²) in [6.07, 6.45) is 7.84. The molecule has 1 saturated heterocycles. The van der Waals surface area contributed by atoms with Gasteiger partial charge in [0.2, 0.25) is 0 Å². The van der Waals surface area contributed by atoms with Gasteiger partial charge in [-0.15, -0.1) is 0 Å². The largest absolute Gasteiger partial charge is 0.314 e. The molecule has 0 aromatic rings. The van der Waals surface area contributed by atoms with Crippen LogP contribution in [-0.4, -0.2) is 37.6 Å². The molecule has 14 heavy (non-hydrogen) atoms. The highest BCUT2D eigenvalue weighted by molar-refractivity contribution is 5.10. The summed E-state index contributed by atoms with van der Waals surface area (Å²) in [6.45, 7) is 6.26. The molecule has 0 aromatic carbocycles. The summed E-state index contributed by atoms with van der Waals surface area (Å²) in [7, 11) is 0. The van der Waals surface area contributed by atoms with Gasteiger partial charge in [-0.1, -0.05) is 12.2 Å². The molecule has 3 aliphatic rings. The molecule has 0 radical (unpaired) electrons. The summed E-state index contributed by atoms with van der Waals surface area (Å²) in [5, 5.41) is 3.42. The number of piperazine rings is 1. The van der Waals surface area contributed by atoms with E-state index in [2.05, 4.69) is 22.4 Å². The van der Waals surface area contributed by atoms with Crippen molar-refractivity contribution in [1.29, 1.82) is 0 Å². The molecule has 2 fully saturated rings. The molecule has 2 aliphatic carbocycles. The lowest BCUT2D eigenvalue weighted by molar-refractivity contribution is 0.193. The predicted octanol–water partition coefficient (Wildman–Crippen LogP) is 1.10. The van der Waals surface area contributed by atoms with Crippen LogP contribution in [-0.2, 0) is 0 Å². The van der Waals surface area contributed by atoms with E-state index in [1.807, 2.05) is 0 Å². The van der Waals surface area contributed by atoms with Crippen LogP contribution >= 0.6 is 0 Å². The molecule has 3 rings (SSSR count). The zero-order chi connectivity index (χ0) is 9.38. The van der Waals surface area contributed by atoms with Gasteiger partial charge < -0.3 is 10.2 Å². The van der Waals surface area contributed by atoms with Gasteiger partial charge in [-0.3, -0.25) is 0 Å². The van der Waals surface area contributed by atoms with E-state index in [-0.39, 0.29) is 0 Å². The molecular weight excluding hydrogens is 172 g/mol. The lowest BCUT2D eigenvalue weighted by Gasteiger charge is -2.31. The zero-order valence-corrected chi connectivity index (χ0v) is 8.78. The van der Waals surface area contributed by atoms with Crippen LogP contribution < -0.4 is 5.32 Å². The third-order valence-corrected chi connectivity index (χ3v) is 4.12. The Hall–Kier alpha value is -0.340. The van der Waals surface area contributed by atoms with Crippen molar-refractivity contribution in [2.24, 2.45) is 17.8 Å². The van der Waals surface area contributed by atoms with Gasteiger partial charge in [0.1, 0.15) is 0 Å². The second-order valence-corrected chi connectivity index (χ2v) is 5.09. The summed E-state index contributed by atoms with van der Waals surface area (Å²) in [5.41, 5.74) is 0. The van der Waals surface area contributed by atoms with E-state index in [0.29, 0.717) is 0 Å². The fourth-order valence-corrected chi connectivity index (χ4v) is 3.33. The predicted molar refractivity (Wildman–Crippen MR) is 58.2 cm³/mol. The average Bonchev–Trinajstić information content (AvgIpc) is 2.81. The summed E-state index contributed by atoms with van der Waals surface area (Å²) in [5.74, 6) is 2.84. The van der Waals surface area contributed by atoms with Crippen LogP contribution in [0.25, 0.3) is 0 Å². The normalized spacial score (nSPS) is 42.1. The second-order valence-electron chi connectivity index (χ2n) is 5.09. The molecule has 0 aromatic heterocycles. The number of allylic oxidation sites excluding steroid dienone is 2. The Bertz CT molecular complexity index is 230. The first-order valence-corrected chi connectivity index (χ1v) is 6.03. The zero-order valence-electron chi connectivity index (χ0n) is 8.78. The standard InChI is InChI=1S/C12H20N2/c1-2-11-7-10(1)8-12(11)9-14-5-3-13-4-6-14/h1-2,10-13H,3-9H2/t10-,11+,12-/m1/s1. The first kappa shape index (κ1) is 8.93. The molecule has 1 N–H and O–H groups in total. The van der Waals surface area contributed by atoms with Crippen molar-refractivity contribution in [2.75, 3.05) is 32.7 Å². The van der Waals surface area contributed by atoms with Gasteiger partial charge in [0, 0.05) is 32.7 Å². The summed E-state index contributed by atoms with van der Waals surface area (Å²) < 4.78 is 0. The fourth-order valence-electron chi connectivity index (χ4n) is 3.33. The smallest absolute Gasteiger partial charge is 0.0107 e. The molecular formula is C12H20N2. The number of hydrogen-bond donors (Lipinski definition) is 1. The van der Waals surface area contributed by atoms with Crippen LogP contribution in [0.5, 0.6) is 0 Å². The van der Waals surface area contributed by atoms with Crippen molar-refractivity contribution < 1.29 is 0 Å². The number of nitrogens with one attached hydrogen (secondary N) is 1. The van der Waals surface area contributed by atoms with Crippen molar-refractivity contribution in [2.45, 2.75) is 12.8 Å². The number of fused-ring (bicyclic) bond motifs is 2. The highest BCUT2D eigenvalue weighted by Gasteiger charge is 2.36. The minimum Gasteiger partial charge on any atom is -0.314 e. The van der Waals surface area contributed by atoms with Gasteiger partial charge in [-0.05, 0) is 30.6 Å². The van der Waals surface area contributed by atoms with Crippen LogP contribution in [0, 0.1) is 17.8 Å². The Morgan fingerprint density at radius 2 is 2.00 bits per heavy atom. The maximum atomic E-state index is 3.42. The second kappa shape index (κ2) is 3.67. The van der Waals surface area contributed by atoms with Crippen LogP contribution in [0.3, 0.4) is 0 Å². The average molecular weight is 192 g/mol. The minimum atomic E-state index is 0.926. The molecule has 0 unspecified atom stereocenters. The van der Waals surface area contributed by atoms with Gasteiger partial charge >= 0.3 is 0 Å². The Balaban J connectivity index is 1.54. The maximum Gasteiger partial charge on any atom is 0.0107 e. The molecule has 1 heterocycles. The van der Waals surface area contributed by atoms with Crippen molar-refractivity contribution in [3.63, 3.8) is 0 Å². The van der Waals surface area contributed by atoms with E-state index in [4.69, 9.17) is 0 Å². The fraction of sp³-hybridized carbons (Fsp3) is 0.833. The van der Waals surface area contributed by atoms with Crippen molar-refractivity contribution in [1.82, 2.24) is 10.2 Å². The molecule has 0 spiro atoms. The molecule has 78 valence electrons. The van der Waals surface area contributed by atoms with E-state index in [1.54, 1.807) is 0 Å². The highest BCUT2D eigenvalue weighted by Crippen LogP contribution is 2.43. The van der Waals surface area contributed by atoms with E-state index in [1.165, 1.54) is 45.6 Å². The number of rotatable bonds is 2. The Labute approximate surface area is 86.4 Å². The van der Waals surface area contributed by atoms with Crippen LogP contribution in [0.4, 0.5) is 0 Å². The molecule has 2 heteroatoms. The summed E-state index contributed by atoms with van der Waals surface area (Å²) in [4.78, 5) is 2.65. The molecule has 0 amide bonds. The van der Waals surface area contributed by atoms with E-state index in [0.717, 1.165) is 17.8 Å². The maximum absolute atomic E-state index is 3.42. The molecule has 2 nitrogen and oxygen atoms in total. The molecule has 2 bridgehead atoms. The van der Waals surface area contributed by atoms with Gasteiger partial charge in [-0.25, -0.2) is 0 Å². The van der Waals surface area contributed by atoms with Gasteiger partial charge in [-0.2, -0.15) is 0 Å². The molecule has 3 atom stereocenters. The monoisotopic (exact) mass is 192 g/mol. The Morgan fingerprint density at radius 1 is 1.14 bits per heavy atom. The topological polar surface area (TPSA) is 15.3 Å². The third kappa shape index (κ3) is 1.61. The summed E-state index contributed by atoms with van der Waals surface area (Å²) in [6, 6.07) is 0. The lowest BCUT2D eigenvalue weighted by Crippen LogP contribution is -2.45. The number of nitrogens with zero attached hydrogens (tertiary/aromatic N) is 1. The van der Waals surface area contributed by atoms with E-state index < -0.39 is 0 Å². The SMILES string of the molecule is C1=C[C@H]2C[C@@H]1C[C@@H]2CN1CCNCC1. The highest BCUT2D eigenvalue weighted by atomic mass is 15.2. The quantitative estimate of drug-likeness (QED) is 0.659. The van der Waals surface area contributed by atoms with Crippen molar-refractivity contribution in [3.8, 4) is 0 Å². The molecule has 1 saturated carbocycles. The summed E-state index contributed by atoms with van der Waals surface area (Å²) >= 11 is 0. The third-order valence-electron chi connectivity index (χ3n) is 4.12. The van der Waals surface area contributed by atoms with Crippen molar-refractivity contribution in [3.05, 3.63) is 12.2 Å². The Morgan fingerprint density at radius 3 is 2.64 bits per heavy atom. The van der Waals surface area contributed by atoms with Crippen LogP contribution in [0.1, 0.15) is 12.8 Å². The van der Waals surface area contributed by atoms with Gasteiger partial charge in [0.25, 0.3) is 0 Å². The van der Waals surface area contributed by atoms with Crippen molar-refractivity contribution >= 4 is 0 Å². The van der Waals surface area contributed by atoms with E-state index in [9.17, 15) is 0 Å². The van der Waals surface area contributed by atoms with E-state index >= 15 is 0 Å². The number of hydrogen-bond acceptors (Lipinski definition) is 2. The van der Waals surface area contributed by atoms with Crippen LogP contribution in [0.2, 0.25) is 0 Å². The Kier molecular flexibility index (Phi) is 2.34. The minimum absolute atomic E-state index is 0.926. The molecule has 1 aliphatic heterocycles. The first-order valence-electron chi connectivity index (χ1n) is 6.03. The van der Waals surface area contributed by atoms with Gasteiger partial charge in [0.15, 0.2) is 0 Å². The van der Waals surface area contributed by atoms with Crippen LogP contribution in [0.15, 0.2) is 12.2 Å².